The summed E-state index contributed by atoms with van der Waals surface area (Å²) in [7, 11) is 0. The molecule has 1 N–H and O–H groups in total. The Bertz CT molecular complexity index is 667. The second-order valence-corrected chi connectivity index (χ2v) is 7.25. The number of carbonyl (C=O) groups is 1. The van der Waals surface area contributed by atoms with E-state index in [1.807, 2.05) is 24.3 Å². The van der Waals surface area contributed by atoms with Crippen LogP contribution in [0.25, 0.3) is 0 Å². The van der Waals surface area contributed by atoms with Gasteiger partial charge < -0.3 is 14.8 Å². The van der Waals surface area contributed by atoms with Crippen molar-refractivity contribution in [2.45, 2.75) is 19.4 Å². The van der Waals surface area contributed by atoms with Gasteiger partial charge >= 0.3 is 0 Å². The third-order valence-electron chi connectivity index (χ3n) is 4.55. The number of ether oxygens (including phenoxy) is 2. The number of nitrogens with zero attached hydrogens (tertiary/aromatic N) is 1. The summed E-state index contributed by atoms with van der Waals surface area (Å²) in [5, 5.41) is 5.10. The Morgan fingerprint density at radius 3 is 2.69 bits per heavy atom. The van der Waals surface area contributed by atoms with E-state index >= 15 is 0 Å². The van der Waals surface area contributed by atoms with E-state index in [1.54, 1.807) is 11.3 Å². The lowest BCUT2D eigenvalue weighted by atomic mass is 10.2. The molecule has 1 aromatic carbocycles. The van der Waals surface area contributed by atoms with Gasteiger partial charge in [-0.1, -0.05) is 25.1 Å². The van der Waals surface area contributed by atoms with E-state index in [9.17, 15) is 4.79 Å². The molecule has 1 amide bonds. The third kappa shape index (κ3) is 5.30. The molecule has 1 aliphatic rings. The molecule has 1 atom stereocenters. The molecule has 1 aromatic heterocycles. The summed E-state index contributed by atoms with van der Waals surface area (Å²) in [5.41, 5.74) is 1.26. The van der Waals surface area contributed by atoms with Crippen molar-refractivity contribution in [3.63, 3.8) is 0 Å². The number of carbonyl (C=O) groups excluding carboxylic acids is 1. The Balaban J connectivity index is 1.50. The lowest BCUT2D eigenvalue weighted by Gasteiger charge is -2.34. The topological polar surface area (TPSA) is 50.8 Å². The van der Waals surface area contributed by atoms with Crippen LogP contribution >= 0.6 is 11.3 Å². The number of rotatable bonds is 8. The molecule has 1 saturated heterocycles. The smallest absolute Gasteiger partial charge is 0.258 e. The van der Waals surface area contributed by atoms with Crippen LogP contribution in [0.1, 0.15) is 23.4 Å². The largest absolute Gasteiger partial charge is 0.484 e. The average molecular weight is 375 g/mol. The molecule has 2 heterocycles. The summed E-state index contributed by atoms with van der Waals surface area (Å²) in [5.74, 6) is 0.625. The van der Waals surface area contributed by atoms with Crippen LogP contribution in [0.3, 0.4) is 0 Å². The van der Waals surface area contributed by atoms with Crippen LogP contribution in [-0.2, 0) is 16.0 Å². The van der Waals surface area contributed by atoms with Crippen LogP contribution in [0.4, 0.5) is 0 Å². The molecule has 6 heteroatoms. The Labute approximate surface area is 158 Å². The molecule has 3 rings (SSSR count). The first kappa shape index (κ1) is 18.9. The SMILES string of the molecule is CCc1ccc(OCC(=O)NC[C@@H](c2cccs2)N2CCOCC2)cc1. The fourth-order valence-electron chi connectivity index (χ4n) is 3.01. The van der Waals surface area contributed by atoms with Crippen LogP contribution < -0.4 is 10.1 Å². The second kappa shape index (κ2) is 9.71. The lowest BCUT2D eigenvalue weighted by Crippen LogP contribution is -2.44. The first-order valence-electron chi connectivity index (χ1n) is 9.10. The molecule has 1 fully saturated rings. The van der Waals surface area contributed by atoms with Crippen LogP contribution in [0.2, 0.25) is 0 Å². The maximum absolute atomic E-state index is 12.2. The Morgan fingerprint density at radius 1 is 1.27 bits per heavy atom. The van der Waals surface area contributed by atoms with Gasteiger partial charge in [0.1, 0.15) is 5.75 Å². The number of amides is 1. The molecule has 140 valence electrons. The molecule has 1 aliphatic heterocycles. The molecule has 0 bridgehead atoms. The predicted molar refractivity (Wildman–Crippen MR) is 104 cm³/mol. The molecule has 5 nitrogen and oxygen atoms in total. The first-order valence-corrected chi connectivity index (χ1v) is 9.98. The van der Waals surface area contributed by atoms with E-state index in [0.717, 1.165) is 38.5 Å². The van der Waals surface area contributed by atoms with Crippen LogP contribution in [0.15, 0.2) is 41.8 Å². The summed E-state index contributed by atoms with van der Waals surface area (Å²) < 4.78 is 11.0. The van der Waals surface area contributed by atoms with Gasteiger partial charge in [-0.3, -0.25) is 9.69 Å². The van der Waals surface area contributed by atoms with Gasteiger partial charge in [-0.05, 0) is 35.6 Å². The van der Waals surface area contributed by atoms with E-state index in [2.05, 4.69) is 34.7 Å². The highest BCUT2D eigenvalue weighted by atomic mass is 32.1. The van der Waals surface area contributed by atoms with Gasteiger partial charge in [0.05, 0.1) is 19.3 Å². The molecule has 26 heavy (non-hydrogen) atoms. The van der Waals surface area contributed by atoms with Crippen molar-refractivity contribution < 1.29 is 14.3 Å². The van der Waals surface area contributed by atoms with Crippen molar-refractivity contribution in [2.24, 2.45) is 0 Å². The van der Waals surface area contributed by atoms with Crippen molar-refractivity contribution in [3.8, 4) is 5.75 Å². The monoisotopic (exact) mass is 374 g/mol. The zero-order valence-corrected chi connectivity index (χ0v) is 16.0. The zero-order chi connectivity index (χ0) is 18.2. The third-order valence-corrected chi connectivity index (χ3v) is 5.53. The summed E-state index contributed by atoms with van der Waals surface area (Å²) >= 11 is 1.72. The van der Waals surface area contributed by atoms with Gasteiger partial charge in [0.2, 0.25) is 0 Å². The van der Waals surface area contributed by atoms with Gasteiger partial charge in [-0.25, -0.2) is 0 Å². The minimum Gasteiger partial charge on any atom is -0.484 e. The minimum atomic E-state index is -0.0978. The molecule has 2 aromatic rings. The number of benzene rings is 1. The van der Waals surface area contributed by atoms with Crippen molar-refractivity contribution >= 4 is 17.2 Å². The predicted octanol–water partition coefficient (Wildman–Crippen LogP) is 2.88. The van der Waals surface area contributed by atoms with E-state index in [-0.39, 0.29) is 18.6 Å². The van der Waals surface area contributed by atoms with Gasteiger partial charge in [0, 0.05) is 24.5 Å². The van der Waals surface area contributed by atoms with Gasteiger partial charge in [-0.15, -0.1) is 11.3 Å². The highest BCUT2D eigenvalue weighted by Gasteiger charge is 2.23. The van der Waals surface area contributed by atoms with E-state index < -0.39 is 0 Å². The van der Waals surface area contributed by atoms with Crippen LogP contribution in [-0.4, -0.2) is 50.3 Å². The molecule has 0 radical (unpaired) electrons. The van der Waals surface area contributed by atoms with Gasteiger partial charge in [0.25, 0.3) is 5.91 Å². The number of hydrogen-bond donors (Lipinski definition) is 1. The maximum atomic E-state index is 12.2. The minimum absolute atomic E-state index is 0.0335. The fourth-order valence-corrected chi connectivity index (χ4v) is 3.87. The first-order chi connectivity index (χ1) is 12.8. The summed E-state index contributed by atoms with van der Waals surface area (Å²) in [6, 6.07) is 12.2. The normalized spacial score (nSPS) is 16.2. The Hall–Kier alpha value is -1.89. The standard InChI is InChI=1S/C20H26N2O3S/c1-2-16-5-7-17(8-6-16)25-15-20(23)21-14-18(19-4-3-13-26-19)22-9-11-24-12-10-22/h3-8,13,18H,2,9-12,14-15H2,1H3,(H,21,23)/t18-/m0/s1. The average Bonchev–Trinajstić information content (AvgIpc) is 3.22. The quantitative estimate of drug-likeness (QED) is 0.772. The highest BCUT2D eigenvalue weighted by Crippen LogP contribution is 2.25. The number of nitrogens with one attached hydrogen (secondary N) is 1. The van der Waals surface area contributed by atoms with Crippen molar-refractivity contribution in [2.75, 3.05) is 39.5 Å². The van der Waals surface area contributed by atoms with Crippen molar-refractivity contribution in [1.29, 1.82) is 0 Å². The lowest BCUT2D eigenvalue weighted by molar-refractivity contribution is -0.123. The zero-order valence-electron chi connectivity index (χ0n) is 15.1. The van der Waals surface area contributed by atoms with E-state index in [0.29, 0.717) is 6.54 Å². The maximum Gasteiger partial charge on any atom is 0.258 e. The fraction of sp³-hybridized carbons (Fsp3) is 0.450. The Kier molecular flexibility index (Phi) is 7.05. The summed E-state index contributed by atoms with van der Waals surface area (Å²) in [6.45, 7) is 5.99. The van der Waals surface area contributed by atoms with Crippen molar-refractivity contribution in [3.05, 3.63) is 52.2 Å². The summed E-state index contributed by atoms with van der Waals surface area (Å²) in [6.07, 6.45) is 0.992. The molecular formula is C20H26N2O3S. The van der Waals surface area contributed by atoms with Crippen molar-refractivity contribution in [1.82, 2.24) is 10.2 Å². The molecule has 0 saturated carbocycles. The number of aryl methyl sites for hydroxylation is 1. The second-order valence-electron chi connectivity index (χ2n) is 6.27. The molecule has 0 spiro atoms. The van der Waals surface area contributed by atoms with Gasteiger partial charge in [0.15, 0.2) is 6.61 Å². The van der Waals surface area contributed by atoms with Crippen LogP contribution in [0, 0.1) is 0 Å². The number of morpholine rings is 1. The van der Waals surface area contributed by atoms with E-state index in [1.165, 1.54) is 10.4 Å². The molecular weight excluding hydrogens is 348 g/mol. The summed E-state index contributed by atoms with van der Waals surface area (Å²) in [4.78, 5) is 15.9. The number of hydrogen-bond acceptors (Lipinski definition) is 5. The molecule has 0 unspecified atom stereocenters. The van der Waals surface area contributed by atoms with E-state index in [4.69, 9.17) is 9.47 Å². The number of thiophene rings is 1. The van der Waals surface area contributed by atoms with Gasteiger partial charge in [-0.2, -0.15) is 0 Å². The highest BCUT2D eigenvalue weighted by molar-refractivity contribution is 7.10. The van der Waals surface area contributed by atoms with Crippen LogP contribution in [0.5, 0.6) is 5.75 Å². The Morgan fingerprint density at radius 2 is 2.04 bits per heavy atom. The molecule has 0 aliphatic carbocycles.